The highest BCUT2D eigenvalue weighted by molar-refractivity contribution is 7.89. The Bertz CT molecular complexity index is 1210. The van der Waals surface area contributed by atoms with Crippen LogP contribution in [-0.4, -0.2) is 54.4 Å². The van der Waals surface area contributed by atoms with Crippen LogP contribution in [0.4, 0.5) is 0 Å². The Labute approximate surface area is 193 Å². The summed E-state index contributed by atoms with van der Waals surface area (Å²) in [7, 11) is -4.86. The second-order valence-corrected chi connectivity index (χ2v) is 11.1. The molecular weight excluding hydrogens is 470 g/mol. The van der Waals surface area contributed by atoms with E-state index in [-0.39, 0.29) is 34.5 Å². The number of carbonyl (C=O) groups is 1. The molecule has 12 heteroatoms. The van der Waals surface area contributed by atoms with Gasteiger partial charge < -0.3 is 14.8 Å². The summed E-state index contributed by atoms with van der Waals surface area (Å²) >= 11 is 0. The Hall–Kier alpha value is -2.67. The first-order valence-electron chi connectivity index (χ1n) is 10.2. The molecule has 0 bridgehead atoms. The van der Waals surface area contributed by atoms with Gasteiger partial charge in [0.2, 0.25) is 26.0 Å². The number of nitrogens with two attached hydrogens (primary N) is 1. The average molecular weight is 498 g/mol. The molecule has 1 saturated heterocycles. The minimum atomic E-state index is -3.91. The Kier molecular flexibility index (Phi) is 7.62. The molecule has 33 heavy (non-hydrogen) atoms. The van der Waals surface area contributed by atoms with Gasteiger partial charge in [0.25, 0.3) is 0 Å². The van der Waals surface area contributed by atoms with Gasteiger partial charge in [-0.3, -0.25) is 4.79 Å². The SMILES string of the molecule is COc1ccc(OC)c(S(=O)(=O)N2CCC[C@@H](C(=O)NCc3ccc(S(N)(=O)=O)cc3)C2)c1. The van der Waals surface area contributed by atoms with E-state index in [1.807, 2.05) is 0 Å². The number of carbonyl (C=O) groups excluding carboxylic acids is 1. The van der Waals surface area contributed by atoms with E-state index in [2.05, 4.69) is 5.32 Å². The average Bonchev–Trinajstić information content (AvgIpc) is 2.81. The van der Waals surface area contributed by atoms with Crippen molar-refractivity contribution in [1.82, 2.24) is 9.62 Å². The number of methoxy groups -OCH3 is 2. The summed E-state index contributed by atoms with van der Waals surface area (Å²) in [5.74, 6) is -0.212. The Balaban J connectivity index is 1.69. The number of benzene rings is 2. The predicted molar refractivity (Wildman–Crippen MR) is 121 cm³/mol. The number of sulfonamides is 2. The van der Waals surface area contributed by atoms with Gasteiger partial charge in [0, 0.05) is 25.7 Å². The van der Waals surface area contributed by atoms with Gasteiger partial charge in [-0.15, -0.1) is 0 Å². The predicted octanol–water partition coefficient (Wildman–Crippen LogP) is 1.07. The van der Waals surface area contributed by atoms with Gasteiger partial charge in [-0.05, 0) is 42.7 Å². The van der Waals surface area contributed by atoms with E-state index in [4.69, 9.17) is 14.6 Å². The third kappa shape index (κ3) is 5.82. The summed E-state index contributed by atoms with van der Waals surface area (Å²) in [5.41, 5.74) is 0.692. The summed E-state index contributed by atoms with van der Waals surface area (Å²) in [4.78, 5) is 12.7. The van der Waals surface area contributed by atoms with Crippen molar-refractivity contribution in [2.24, 2.45) is 11.1 Å². The lowest BCUT2D eigenvalue weighted by Crippen LogP contribution is -2.45. The molecule has 1 fully saturated rings. The van der Waals surface area contributed by atoms with Crippen LogP contribution < -0.4 is 19.9 Å². The third-order valence-corrected chi connectivity index (χ3v) is 8.28. The van der Waals surface area contributed by atoms with Crippen LogP contribution in [-0.2, 0) is 31.4 Å². The number of piperidine rings is 1. The first-order valence-corrected chi connectivity index (χ1v) is 13.2. The molecule has 1 atom stereocenters. The lowest BCUT2D eigenvalue weighted by molar-refractivity contribution is -0.126. The van der Waals surface area contributed by atoms with E-state index < -0.39 is 26.0 Å². The highest BCUT2D eigenvalue weighted by atomic mass is 32.2. The van der Waals surface area contributed by atoms with Crippen molar-refractivity contribution in [3.8, 4) is 11.5 Å². The number of nitrogens with zero attached hydrogens (tertiary/aromatic N) is 1. The van der Waals surface area contributed by atoms with Gasteiger partial charge in [0.1, 0.15) is 16.4 Å². The van der Waals surface area contributed by atoms with E-state index in [1.165, 1.54) is 42.8 Å². The van der Waals surface area contributed by atoms with Crippen LogP contribution in [0.5, 0.6) is 11.5 Å². The van der Waals surface area contributed by atoms with Crippen molar-refractivity contribution >= 4 is 26.0 Å². The zero-order valence-electron chi connectivity index (χ0n) is 18.4. The molecule has 0 aliphatic carbocycles. The van der Waals surface area contributed by atoms with Crippen LogP contribution in [0, 0.1) is 5.92 Å². The normalized spacial score (nSPS) is 17.4. The molecule has 180 valence electrons. The maximum Gasteiger partial charge on any atom is 0.246 e. The van der Waals surface area contributed by atoms with E-state index in [0.717, 1.165) is 0 Å². The molecule has 1 amide bonds. The molecule has 2 aromatic rings. The number of primary sulfonamides is 1. The minimum Gasteiger partial charge on any atom is -0.497 e. The quantitative estimate of drug-likeness (QED) is 0.555. The summed E-state index contributed by atoms with van der Waals surface area (Å²) in [6.07, 6.45) is 1.09. The maximum absolute atomic E-state index is 13.3. The minimum absolute atomic E-state index is 0.0136. The summed E-state index contributed by atoms with van der Waals surface area (Å²) in [6.45, 7) is 0.511. The van der Waals surface area contributed by atoms with Crippen molar-refractivity contribution in [2.75, 3.05) is 27.3 Å². The summed E-state index contributed by atoms with van der Waals surface area (Å²) in [5, 5.41) is 7.88. The largest absolute Gasteiger partial charge is 0.497 e. The number of rotatable bonds is 8. The topological polar surface area (TPSA) is 145 Å². The number of hydrogen-bond acceptors (Lipinski definition) is 7. The van der Waals surface area contributed by atoms with Gasteiger partial charge in [0.05, 0.1) is 25.0 Å². The molecular formula is C21H27N3O7S2. The Morgan fingerprint density at radius 1 is 1.09 bits per heavy atom. The van der Waals surface area contributed by atoms with Crippen molar-refractivity contribution < 1.29 is 31.1 Å². The van der Waals surface area contributed by atoms with Crippen molar-refractivity contribution in [1.29, 1.82) is 0 Å². The maximum atomic E-state index is 13.3. The van der Waals surface area contributed by atoms with Gasteiger partial charge >= 0.3 is 0 Å². The number of hydrogen-bond donors (Lipinski definition) is 2. The second kappa shape index (κ2) is 10.1. The Morgan fingerprint density at radius 2 is 1.79 bits per heavy atom. The van der Waals surface area contributed by atoms with E-state index >= 15 is 0 Å². The van der Waals surface area contributed by atoms with Gasteiger partial charge in [-0.1, -0.05) is 12.1 Å². The molecule has 0 aromatic heterocycles. The van der Waals surface area contributed by atoms with Gasteiger partial charge in [0.15, 0.2) is 0 Å². The number of amides is 1. The molecule has 1 heterocycles. The molecule has 0 unspecified atom stereocenters. The molecule has 2 aromatic carbocycles. The molecule has 3 N–H and O–H groups in total. The van der Waals surface area contributed by atoms with Crippen molar-refractivity contribution in [3.63, 3.8) is 0 Å². The fraction of sp³-hybridized carbons (Fsp3) is 0.381. The van der Waals surface area contributed by atoms with Crippen LogP contribution in [0.2, 0.25) is 0 Å². The molecule has 1 aliphatic rings. The van der Waals surface area contributed by atoms with Gasteiger partial charge in [-0.25, -0.2) is 22.0 Å². The number of ether oxygens (including phenoxy) is 2. The highest BCUT2D eigenvalue weighted by Crippen LogP contribution is 2.32. The zero-order chi connectivity index (χ0) is 24.2. The smallest absolute Gasteiger partial charge is 0.246 e. The van der Waals surface area contributed by atoms with E-state index in [1.54, 1.807) is 18.2 Å². The molecule has 10 nitrogen and oxygen atoms in total. The van der Waals surface area contributed by atoms with Gasteiger partial charge in [-0.2, -0.15) is 4.31 Å². The molecule has 3 rings (SSSR count). The molecule has 1 aliphatic heterocycles. The monoisotopic (exact) mass is 497 g/mol. The fourth-order valence-corrected chi connectivity index (χ4v) is 5.84. The fourth-order valence-electron chi connectivity index (χ4n) is 3.63. The van der Waals surface area contributed by atoms with Crippen molar-refractivity contribution in [3.05, 3.63) is 48.0 Å². The summed E-state index contributed by atoms with van der Waals surface area (Å²) in [6, 6.07) is 10.4. The van der Waals surface area contributed by atoms with E-state index in [9.17, 15) is 21.6 Å². The second-order valence-electron chi connectivity index (χ2n) is 7.63. The van der Waals surface area contributed by atoms with Crippen LogP contribution in [0.3, 0.4) is 0 Å². The van der Waals surface area contributed by atoms with Crippen molar-refractivity contribution in [2.45, 2.75) is 29.2 Å². The lowest BCUT2D eigenvalue weighted by Gasteiger charge is -2.31. The van der Waals surface area contributed by atoms with Crippen LogP contribution in [0.25, 0.3) is 0 Å². The lowest BCUT2D eigenvalue weighted by atomic mass is 9.99. The van der Waals surface area contributed by atoms with E-state index in [0.29, 0.717) is 30.7 Å². The number of nitrogens with one attached hydrogen (secondary N) is 1. The zero-order valence-corrected chi connectivity index (χ0v) is 20.0. The van der Waals surface area contributed by atoms with Crippen LogP contribution in [0.1, 0.15) is 18.4 Å². The van der Waals surface area contributed by atoms with Crippen LogP contribution in [0.15, 0.2) is 52.3 Å². The van der Waals surface area contributed by atoms with Crippen LogP contribution >= 0.6 is 0 Å². The molecule has 0 radical (unpaired) electrons. The third-order valence-electron chi connectivity index (χ3n) is 5.46. The highest BCUT2D eigenvalue weighted by Gasteiger charge is 2.35. The molecule has 0 saturated carbocycles. The standard InChI is InChI=1S/C21H27N3O7S2/c1-30-17-7-10-19(31-2)20(12-17)33(28,29)24-11-3-4-16(14-24)21(25)23-13-15-5-8-18(9-6-15)32(22,26)27/h5-10,12,16H,3-4,11,13-14H2,1-2H3,(H,23,25)(H2,22,26,27)/t16-/m1/s1. The Morgan fingerprint density at radius 3 is 2.39 bits per heavy atom. The summed E-state index contributed by atoms with van der Waals surface area (Å²) < 4.78 is 61.0. The first-order chi connectivity index (χ1) is 15.6. The molecule has 0 spiro atoms. The first kappa shape index (κ1) is 25.0.